The van der Waals surface area contributed by atoms with Crippen molar-refractivity contribution in [2.45, 2.75) is 26.3 Å². The van der Waals surface area contributed by atoms with Crippen molar-refractivity contribution in [1.82, 2.24) is 58.6 Å². The lowest BCUT2D eigenvalue weighted by molar-refractivity contribution is -0.132. The number of amides is 4. The first-order valence-corrected chi connectivity index (χ1v) is 18.9. The van der Waals surface area contributed by atoms with Gasteiger partial charge in [0.1, 0.15) is 26.3 Å². The topological polar surface area (TPSA) is 279 Å². The molecule has 5 heterocycles. The first-order valence-electron chi connectivity index (χ1n) is 18.9. The lowest BCUT2D eigenvalue weighted by atomic mass is 10.2. The Morgan fingerprint density at radius 2 is 0.900 bits per heavy atom. The number of carbonyl (C=O) groups excluding carboxylic acids is 4. The maximum Gasteiger partial charge on any atom is 0.410 e. The third-order valence-corrected chi connectivity index (χ3v) is 9.79. The molecule has 1 aliphatic rings. The number of hydrogen-bond acceptors (Lipinski definition) is 14. The molecule has 4 aromatic heterocycles. The normalized spacial score (nSPS) is 14.1. The highest BCUT2D eigenvalue weighted by Gasteiger charge is 2.27. The van der Waals surface area contributed by atoms with E-state index in [1.165, 1.54) is 41.4 Å². The molecule has 6 N–H and O–H groups in total. The number of carbonyl (C=O) groups is 4. The predicted molar refractivity (Wildman–Crippen MR) is 215 cm³/mol. The van der Waals surface area contributed by atoms with Crippen molar-refractivity contribution in [3.8, 4) is 0 Å². The van der Waals surface area contributed by atoms with Gasteiger partial charge in [0.2, 0.25) is 23.7 Å². The number of nitrogens with two attached hydrogens (primary N) is 2. The minimum absolute atomic E-state index is 0.000237. The fraction of sp³-hybridized carbons (Fsp3) is 0.316. The van der Waals surface area contributed by atoms with Crippen molar-refractivity contribution in [3.63, 3.8) is 0 Å². The Labute approximate surface area is 340 Å². The molecule has 1 aliphatic heterocycles. The SMILES string of the molecule is Nc1nc2c(ncn2CC(=O)N2CCN(C(=O)OCc3ccccc3)CCN(C(=O)Cn3cnc4c(=O)[nH]c(N)nc43)CCN(C(=O)OCc3ccccc3)CC2)c(=O)[nH]1. The standard InChI is InChI=1S/C38H42N14O8/c39-35-43-31-29(33(55)45-35)41-23-51(31)19-27(53)47-11-15-49(37(57)59-21-25-7-3-1-4-8-25)16-12-48(28(54)20-52-24-42-30-32(52)44-36(40)46-34(30)56)14-18-50(17-13-47)38(58)60-22-26-9-5-2-6-10-26/h1-10,23-24H,11-22H2,(H3,39,43,45,55)(H3,40,44,46,56). The quantitative estimate of drug-likeness (QED) is 0.161. The number of nitrogen functional groups attached to an aromatic ring is 2. The molecule has 7 rings (SSSR count). The number of imidazole rings is 2. The summed E-state index contributed by atoms with van der Waals surface area (Å²) >= 11 is 0. The summed E-state index contributed by atoms with van der Waals surface area (Å²) in [7, 11) is 0. The third-order valence-electron chi connectivity index (χ3n) is 9.79. The maximum atomic E-state index is 14.1. The van der Waals surface area contributed by atoms with Crippen LogP contribution in [0.2, 0.25) is 0 Å². The average Bonchev–Trinajstić information content (AvgIpc) is 3.83. The van der Waals surface area contributed by atoms with E-state index in [0.717, 1.165) is 11.1 Å². The Balaban J connectivity index is 1.15. The van der Waals surface area contributed by atoms with Crippen LogP contribution in [0.25, 0.3) is 22.3 Å². The fourth-order valence-corrected chi connectivity index (χ4v) is 6.56. The van der Waals surface area contributed by atoms with Gasteiger partial charge in [-0.15, -0.1) is 0 Å². The Kier molecular flexibility index (Phi) is 12.3. The molecule has 0 atom stereocenters. The van der Waals surface area contributed by atoms with Gasteiger partial charge in [0.05, 0.1) is 12.7 Å². The molecule has 0 saturated carbocycles. The number of hydrogen-bond donors (Lipinski definition) is 4. The molecular formula is C38H42N14O8. The van der Waals surface area contributed by atoms with E-state index in [1.54, 1.807) is 0 Å². The minimum atomic E-state index is -0.680. The smallest absolute Gasteiger partial charge is 0.410 e. The van der Waals surface area contributed by atoms with Crippen LogP contribution in [-0.4, -0.2) is 135 Å². The zero-order chi connectivity index (χ0) is 42.2. The van der Waals surface area contributed by atoms with E-state index in [0.29, 0.717) is 0 Å². The summed E-state index contributed by atoms with van der Waals surface area (Å²) in [6.07, 6.45) is 1.26. The van der Waals surface area contributed by atoms with Gasteiger partial charge < -0.3 is 49.7 Å². The summed E-state index contributed by atoms with van der Waals surface area (Å²) < 4.78 is 14.2. The zero-order valence-corrected chi connectivity index (χ0v) is 32.3. The first-order chi connectivity index (χ1) is 29.0. The summed E-state index contributed by atoms with van der Waals surface area (Å²) in [6.45, 7) is -0.737. The molecule has 0 unspecified atom stereocenters. The number of aromatic nitrogens is 8. The number of ether oxygens (including phenoxy) is 2. The van der Waals surface area contributed by atoms with Crippen molar-refractivity contribution in [2.24, 2.45) is 0 Å². The van der Waals surface area contributed by atoms with Gasteiger partial charge in [0.15, 0.2) is 22.3 Å². The van der Waals surface area contributed by atoms with Crippen LogP contribution < -0.4 is 22.6 Å². The second kappa shape index (κ2) is 18.2. The van der Waals surface area contributed by atoms with E-state index >= 15 is 0 Å². The molecule has 6 aromatic rings. The number of nitrogens with one attached hydrogen (secondary N) is 2. The first kappa shape index (κ1) is 40.4. The largest absolute Gasteiger partial charge is 0.445 e. The molecule has 1 fully saturated rings. The molecule has 22 nitrogen and oxygen atoms in total. The number of H-pyrrole nitrogens is 2. The van der Waals surface area contributed by atoms with Crippen LogP contribution in [0.3, 0.4) is 0 Å². The fourth-order valence-electron chi connectivity index (χ4n) is 6.56. The van der Waals surface area contributed by atoms with Crippen molar-refractivity contribution in [2.75, 3.05) is 63.8 Å². The highest BCUT2D eigenvalue weighted by atomic mass is 16.6. The zero-order valence-electron chi connectivity index (χ0n) is 32.3. The summed E-state index contributed by atoms with van der Waals surface area (Å²) in [5.41, 5.74) is 12.2. The minimum Gasteiger partial charge on any atom is -0.445 e. The van der Waals surface area contributed by atoms with Gasteiger partial charge in [-0.1, -0.05) is 60.7 Å². The molecule has 22 heteroatoms. The molecule has 60 heavy (non-hydrogen) atoms. The molecule has 4 amide bonds. The van der Waals surface area contributed by atoms with Gasteiger partial charge in [-0.3, -0.25) is 29.1 Å². The molecule has 0 spiro atoms. The second-order valence-electron chi connectivity index (χ2n) is 13.8. The van der Waals surface area contributed by atoms with E-state index in [2.05, 4.69) is 29.9 Å². The number of benzene rings is 2. The summed E-state index contributed by atoms with van der Waals surface area (Å²) in [4.78, 5) is 107. The van der Waals surface area contributed by atoms with Crippen molar-refractivity contribution >= 4 is 58.2 Å². The molecule has 2 aromatic carbocycles. The van der Waals surface area contributed by atoms with Gasteiger partial charge in [-0.05, 0) is 11.1 Å². The highest BCUT2D eigenvalue weighted by Crippen LogP contribution is 2.13. The molecule has 0 radical (unpaired) electrons. The number of aromatic amines is 2. The van der Waals surface area contributed by atoms with Gasteiger partial charge in [-0.2, -0.15) is 9.97 Å². The van der Waals surface area contributed by atoms with Crippen LogP contribution in [0.1, 0.15) is 11.1 Å². The lowest BCUT2D eigenvalue weighted by Gasteiger charge is -2.34. The van der Waals surface area contributed by atoms with Gasteiger partial charge in [-0.25, -0.2) is 19.6 Å². The Morgan fingerprint density at radius 1 is 0.550 bits per heavy atom. The Hall–Kier alpha value is -7.78. The average molecular weight is 823 g/mol. The van der Waals surface area contributed by atoms with Gasteiger partial charge in [0.25, 0.3) is 11.1 Å². The molecule has 0 bridgehead atoms. The van der Waals surface area contributed by atoms with Crippen LogP contribution in [0.5, 0.6) is 0 Å². The maximum absolute atomic E-state index is 14.1. The lowest BCUT2D eigenvalue weighted by Crippen LogP contribution is -2.51. The van der Waals surface area contributed by atoms with Gasteiger partial charge in [0, 0.05) is 52.4 Å². The van der Waals surface area contributed by atoms with Crippen LogP contribution in [0.15, 0.2) is 82.9 Å². The summed E-state index contributed by atoms with van der Waals surface area (Å²) in [5.74, 6) is -1.16. The van der Waals surface area contributed by atoms with E-state index < -0.39 is 35.1 Å². The molecule has 0 aliphatic carbocycles. The molecular weight excluding hydrogens is 781 g/mol. The summed E-state index contributed by atoms with van der Waals surface area (Å²) in [6, 6.07) is 18.2. The molecule has 312 valence electrons. The predicted octanol–water partition coefficient (Wildman–Crippen LogP) is 0.366. The van der Waals surface area contributed by atoms with Crippen LogP contribution in [0.4, 0.5) is 21.5 Å². The van der Waals surface area contributed by atoms with Crippen LogP contribution in [0, 0.1) is 0 Å². The second-order valence-corrected chi connectivity index (χ2v) is 13.8. The van der Waals surface area contributed by atoms with Gasteiger partial charge >= 0.3 is 12.2 Å². The van der Waals surface area contributed by atoms with E-state index in [4.69, 9.17) is 20.9 Å². The number of rotatable bonds is 8. The van der Waals surface area contributed by atoms with Crippen molar-refractivity contribution in [3.05, 3.63) is 105 Å². The van der Waals surface area contributed by atoms with Crippen molar-refractivity contribution in [1.29, 1.82) is 0 Å². The van der Waals surface area contributed by atoms with Crippen LogP contribution in [-0.2, 0) is 45.4 Å². The number of anilines is 2. The number of fused-ring (bicyclic) bond motifs is 2. The van der Waals surface area contributed by atoms with E-state index in [-0.39, 0.29) is 113 Å². The van der Waals surface area contributed by atoms with Crippen LogP contribution >= 0.6 is 0 Å². The van der Waals surface area contributed by atoms with E-state index in [9.17, 15) is 28.8 Å². The highest BCUT2D eigenvalue weighted by molar-refractivity contribution is 5.80. The van der Waals surface area contributed by atoms with E-state index in [1.807, 2.05) is 60.7 Å². The van der Waals surface area contributed by atoms with Crippen molar-refractivity contribution < 1.29 is 28.7 Å². The Morgan fingerprint density at radius 3 is 1.27 bits per heavy atom. The monoisotopic (exact) mass is 822 g/mol. The Bertz CT molecular complexity index is 2410. The molecule has 1 saturated heterocycles. The summed E-state index contributed by atoms with van der Waals surface area (Å²) in [5, 5.41) is 0. The third kappa shape index (κ3) is 9.66. The number of nitrogens with zero attached hydrogens (tertiary/aromatic N) is 10.